The largest absolute Gasteiger partial charge is 0.360 e. The quantitative estimate of drug-likeness (QED) is 0.583. The molecule has 0 aliphatic heterocycles. The van der Waals surface area contributed by atoms with E-state index < -0.39 is 0 Å². The minimum absolute atomic E-state index is 0.826. The molecule has 0 aromatic carbocycles. The molecule has 0 fully saturated rings. The van der Waals surface area contributed by atoms with Gasteiger partial charge in [-0.1, -0.05) is 31.9 Å². The Morgan fingerprint density at radius 1 is 1.40 bits per heavy atom. The van der Waals surface area contributed by atoms with Crippen molar-refractivity contribution in [1.82, 2.24) is 5.32 Å². The summed E-state index contributed by atoms with van der Waals surface area (Å²) in [6.07, 6.45) is 5.35. The van der Waals surface area contributed by atoms with E-state index in [-0.39, 0.29) is 0 Å². The molecule has 0 aromatic heterocycles. The Bertz CT molecular complexity index is 175. The average molecular weight is 135 g/mol. The molecule has 0 heterocycles. The second kappa shape index (κ2) is 4.62. The first kappa shape index (κ1) is 8.76. The van der Waals surface area contributed by atoms with Gasteiger partial charge in [-0.15, -0.1) is 0 Å². The molecular formula is C9H13N. The maximum absolute atomic E-state index is 3.73. The lowest BCUT2D eigenvalue weighted by Crippen LogP contribution is -2.05. The van der Waals surface area contributed by atoms with Crippen molar-refractivity contribution in [3.8, 4) is 0 Å². The van der Waals surface area contributed by atoms with Gasteiger partial charge >= 0.3 is 0 Å². The SMILES string of the molecule is C=C/C=C\C(=C)NC(=C)C. The highest BCUT2D eigenvalue weighted by atomic mass is 14.9. The molecular weight excluding hydrogens is 122 g/mol. The van der Waals surface area contributed by atoms with Gasteiger partial charge in [0.15, 0.2) is 0 Å². The highest BCUT2D eigenvalue weighted by molar-refractivity contribution is 5.19. The smallest absolute Gasteiger partial charge is 0.0308 e. The van der Waals surface area contributed by atoms with Crippen molar-refractivity contribution in [2.24, 2.45) is 0 Å². The van der Waals surface area contributed by atoms with E-state index in [1.54, 1.807) is 6.08 Å². The molecule has 0 unspecified atom stereocenters. The van der Waals surface area contributed by atoms with Crippen LogP contribution in [0.3, 0.4) is 0 Å². The van der Waals surface area contributed by atoms with Gasteiger partial charge in [0.2, 0.25) is 0 Å². The minimum atomic E-state index is 0.826. The fraction of sp³-hybridized carbons (Fsp3) is 0.111. The molecule has 0 saturated heterocycles. The van der Waals surface area contributed by atoms with Gasteiger partial charge in [-0.3, -0.25) is 0 Å². The standard InChI is InChI=1S/C9H13N/c1-5-6-7-9(4)10-8(2)3/h5-7,10H,1-2,4H2,3H3/b7-6-. The van der Waals surface area contributed by atoms with Crippen molar-refractivity contribution < 1.29 is 0 Å². The van der Waals surface area contributed by atoms with E-state index in [1.165, 1.54) is 0 Å². The Morgan fingerprint density at radius 2 is 2.00 bits per heavy atom. The molecule has 0 bridgehead atoms. The van der Waals surface area contributed by atoms with Crippen LogP contribution >= 0.6 is 0 Å². The topological polar surface area (TPSA) is 12.0 Å². The molecule has 0 aromatic rings. The zero-order valence-electron chi connectivity index (χ0n) is 6.35. The summed E-state index contributed by atoms with van der Waals surface area (Å²) in [6.45, 7) is 12.8. The molecule has 0 spiro atoms. The second-order valence-corrected chi connectivity index (χ2v) is 2.03. The summed E-state index contributed by atoms with van der Waals surface area (Å²) in [5.41, 5.74) is 1.71. The van der Waals surface area contributed by atoms with E-state index in [0.717, 1.165) is 11.4 Å². The van der Waals surface area contributed by atoms with Gasteiger partial charge in [-0.25, -0.2) is 0 Å². The number of allylic oxidation sites excluding steroid dienone is 4. The molecule has 10 heavy (non-hydrogen) atoms. The van der Waals surface area contributed by atoms with Crippen LogP contribution in [0.4, 0.5) is 0 Å². The van der Waals surface area contributed by atoms with Crippen LogP contribution < -0.4 is 5.32 Å². The number of hydrogen-bond donors (Lipinski definition) is 1. The maximum Gasteiger partial charge on any atom is 0.0308 e. The summed E-state index contributed by atoms with van der Waals surface area (Å²) in [7, 11) is 0. The molecule has 1 nitrogen and oxygen atoms in total. The molecule has 0 saturated carbocycles. The highest BCUT2D eigenvalue weighted by Crippen LogP contribution is 1.91. The van der Waals surface area contributed by atoms with Crippen LogP contribution in [0.1, 0.15) is 6.92 Å². The van der Waals surface area contributed by atoms with E-state index in [4.69, 9.17) is 0 Å². The highest BCUT2D eigenvalue weighted by Gasteiger charge is 1.82. The molecule has 0 atom stereocenters. The lowest BCUT2D eigenvalue weighted by atomic mass is 10.4. The Labute approximate surface area is 62.5 Å². The first-order valence-corrected chi connectivity index (χ1v) is 3.07. The predicted molar refractivity (Wildman–Crippen MR) is 46.4 cm³/mol. The third-order valence-corrected chi connectivity index (χ3v) is 0.807. The van der Waals surface area contributed by atoms with Crippen molar-refractivity contribution >= 4 is 0 Å². The molecule has 1 heteroatoms. The van der Waals surface area contributed by atoms with E-state index in [0.29, 0.717) is 0 Å². The third kappa shape index (κ3) is 4.91. The second-order valence-electron chi connectivity index (χ2n) is 2.03. The van der Waals surface area contributed by atoms with Gasteiger partial charge in [0.25, 0.3) is 0 Å². The van der Waals surface area contributed by atoms with E-state index in [2.05, 4.69) is 25.1 Å². The van der Waals surface area contributed by atoms with Gasteiger partial charge < -0.3 is 5.32 Å². The number of nitrogens with one attached hydrogen (secondary N) is 1. The van der Waals surface area contributed by atoms with Gasteiger partial charge in [-0.05, 0) is 13.0 Å². The summed E-state index contributed by atoms with van der Waals surface area (Å²) in [5, 5.41) is 2.95. The van der Waals surface area contributed by atoms with E-state index in [9.17, 15) is 0 Å². The monoisotopic (exact) mass is 135 g/mol. The van der Waals surface area contributed by atoms with Crippen molar-refractivity contribution in [3.05, 3.63) is 49.4 Å². The summed E-state index contributed by atoms with van der Waals surface area (Å²) >= 11 is 0. The molecule has 54 valence electrons. The Morgan fingerprint density at radius 3 is 2.40 bits per heavy atom. The summed E-state index contributed by atoms with van der Waals surface area (Å²) in [5.74, 6) is 0. The van der Waals surface area contributed by atoms with Crippen LogP contribution in [0.15, 0.2) is 49.4 Å². The fourth-order valence-corrected chi connectivity index (χ4v) is 0.500. The van der Waals surface area contributed by atoms with Crippen LogP contribution in [0.2, 0.25) is 0 Å². The van der Waals surface area contributed by atoms with Gasteiger partial charge in [0, 0.05) is 11.4 Å². The molecule has 1 N–H and O–H groups in total. The van der Waals surface area contributed by atoms with Crippen LogP contribution in [0.5, 0.6) is 0 Å². The van der Waals surface area contributed by atoms with Crippen LogP contribution in [0, 0.1) is 0 Å². The lowest BCUT2D eigenvalue weighted by molar-refractivity contribution is 1.02. The predicted octanol–water partition coefficient (Wildman–Crippen LogP) is 2.37. The molecule has 0 rings (SSSR count). The van der Waals surface area contributed by atoms with Crippen LogP contribution in [-0.4, -0.2) is 0 Å². The molecule has 0 radical (unpaired) electrons. The Hall–Kier alpha value is -1.24. The minimum Gasteiger partial charge on any atom is -0.360 e. The summed E-state index contributed by atoms with van der Waals surface area (Å²) in [4.78, 5) is 0. The third-order valence-electron chi connectivity index (χ3n) is 0.807. The fourth-order valence-electron chi connectivity index (χ4n) is 0.500. The van der Waals surface area contributed by atoms with Crippen molar-refractivity contribution in [1.29, 1.82) is 0 Å². The number of rotatable bonds is 4. The van der Waals surface area contributed by atoms with Gasteiger partial charge in [0.1, 0.15) is 0 Å². The Kier molecular flexibility index (Phi) is 4.05. The number of hydrogen-bond acceptors (Lipinski definition) is 1. The summed E-state index contributed by atoms with van der Waals surface area (Å²) in [6, 6.07) is 0. The van der Waals surface area contributed by atoms with Gasteiger partial charge in [0.05, 0.1) is 0 Å². The molecule has 0 aliphatic rings. The van der Waals surface area contributed by atoms with Crippen LogP contribution in [0.25, 0.3) is 0 Å². The molecule has 0 amide bonds. The van der Waals surface area contributed by atoms with Crippen molar-refractivity contribution in [2.75, 3.05) is 0 Å². The summed E-state index contributed by atoms with van der Waals surface area (Å²) < 4.78 is 0. The normalized spacial score (nSPS) is 9.30. The first-order valence-electron chi connectivity index (χ1n) is 3.07. The zero-order chi connectivity index (χ0) is 7.98. The average Bonchev–Trinajstić information content (AvgIpc) is 1.82. The molecule has 0 aliphatic carbocycles. The zero-order valence-corrected chi connectivity index (χ0v) is 6.35. The lowest BCUT2D eigenvalue weighted by Gasteiger charge is -2.01. The van der Waals surface area contributed by atoms with Crippen molar-refractivity contribution in [3.63, 3.8) is 0 Å². The van der Waals surface area contributed by atoms with Crippen molar-refractivity contribution in [2.45, 2.75) is 6.92 Å². The Balaban J connectivity index is 3.75. The van der Waals surface area contributed by atoms with Gasteiger partial charge in [-0.2, -0.15) is 0 Å². The van der Waals surface area contributed by atoms with Crippen LogP contribution in [-0.2, 0) is 0 Å². The first-order chi connectivity index (χ1) is 4.66. The van der Waals surface area contributed by atoms with E-state index in [1.807, 2.05) is 19.1 Å². The maximum atomic E-state index is 3.73. The van der Waals surface area contributed by atoms with E-state index >= 15 is 0 Å².